The maximum absolute atomic E-state index is 4.26. The smallest absolute Gasteiger partial charge is 0.0178 e. The van der Waals surface area contributed by atoms with E-state index in [1.165, 1.54) is 22.3 Å². The first kappa shape index (κ1) is 19.2. The highest BCUT2D eigenvalue weighted by Crippen LogP contribution is 2.43. The van der Waals surface area contributed by atoms with Crippen molar-refractivity contribution in [1.82, 2.24) is 0 Å². The number of fused-ring (bicyclic) bond motifs is 2. The summed E-state index contributed by atoms with van der Waals surface area (Å²) in [6.07, 6.45) is 0. The molecule has 0 fully saturated rings. The van der Waals surface area contributed by atoms with Crippen molar-refractivity contribution in [2.45, 2.75) is 40.5 Å². The van der Waals surface area contributed by atoms with Crippen molar-refractivity contribution in [3.8, 4) is 0 Å². The number of rotatable bonds is 0. The standard InChI is InChI=1S/C16H12Br2.2C2H6/c1-9-13-5-3-11(17)7-15(13)10(2)16-8-12(18)4-6-14(9)16;2*1-2/h3-8,10H,1H2,2H3;2*1-2H3. The highest BCUT2D eigenvalue weighted by atomic mass is 79.9. The van der Waals surface area contributed by atoms with E-state index in [-0.39, 0.29) is 0 Å². The lowest BCUT2D eigenvalue weighted by molar-refractivity contribution is 0.897. The molecular weight excluding hydrogens is 400 g/mol. The normalized spacial score (nSPS) is 12.2. The predicted octanol–water partition coefficient (Wildman–Crippen LogP) is 7.79. The zero-order valence-corrected chi connectivity index (χ0v) is 17.2. The van der Waals surface area contributed by atoms with Gasteiger partial charge in [0.1, 0.15) is 0 Å². The summed E-state index contributed by atoms with van der Waals surface area (Å²) in [5, 5.41) is 0. The van der Waals surface area contributed by atoms with Gasteiger partial charge in [-0.2, -0.15) is 0 Å². The quantitative estimate of drug-likeness (QED) is 0.405. The van der Waals surface area contributed by atoms with Crippen LogP contribution in [-0.2, 0) is 0 Å². The lowest BCUT2D eigenvalue weighted by Gasteiger charge is -2.28. The molecule has 0 heterocycles. The Balaban J connectivity index is 0.000000561. The molecule has 0 aromatic heterocycles. The molecule has 118 valence electrons. The van der Waals surface area contributed by atoms with Crippen LogP contribution in [0.15, 0.2) is 51.9 Å². The highest BCUT2D eigenvalue weighted by Gasteiger charge is 2.24. The molecule has 0 saturated carbocycles. The fraction of sp³-hybridized carbons (Fsp3) is 0.300. The van der Waals surface area contributed by atoms with Gasteiger partial charge in [-0.15, -0.1) is 0 Å². The Morgan fingerprint density at radius 3 is 1.50 bits per heavy atom. The lowest BCUT2D eigenvalue weighted by Crippen LogP contribution is -2.10. The summed E-state index contributed by atoms with van der Waals surface area (Å²) in [5.41, 5.74) is 6.35. The van der Waals surface area contributed by atoms with E-state index < -0.39 is 0 Å². The molecule has 0 unspecified atom stereocenters. The van der Waals surface area contributed by atoms with E-state index >= 15 is 0 Å². The van der Waals surface area contributed by atoms with Crippen LogP contribution in [-0.4, -0.2) is 0 Å². The molecule has 2 aromatic carbocycles. The fourth-order valence-electron chi connectivity index (χ4n) is 2.65. The Bertz CT molecular complexity index is 601. The van der Waals surface area contributed by atoms with E-state index in [0.717, 1.165) is 14.5 Å². The topological polar surface area (TPSA) is 0 Å². The van der Waals surface area contributed by atoms with Gasteiger partial charge in [-0.1, -0.05) is 85.2 Å². The van der Waals surface area contributed by atoms with Crippen LogP contribution in [0.3, 0.4) is 0 Å². The van der Waals surface area contributed by atoms with Gasteiger partial charge in [0.25, 0.3) is 0 Å². The van der Waals surface area contributed by atoms with Gasteiger partial charge in [-0.3, -0.25) is 0 Å². The van der Waals surface area contributed by atoms with Crippen LogP contribution < -0.4 is 0 Å². The lowest BCUT2D eigenvalue weighted by atomic mass is 9.77. The van der Waals surface area contributed by atoms with Crippen LogP contribution in [0.25, 0.3) is 5.57 Å². The van der Waals surface area contributed by atoms with Crippen molar-refractivity contribution >= 4 is 37.4 Å². The molecule has 0 saturated heterocycles. The van der Waals surface area contributed by atoms with E-state index in [9.17, 15) is 0 Å². The molecule has 1 aliphatic carbocycles. The predicted molar refractivity (Wildman–Crippen MR) is 107 cm³/mol. The van der Waals surface area contributed by atoms with Crippen LogP contribution in [0.1, 0.15) is 62.8 Å². The molecular formula is C20H24Br2. The second-order valence-electron chi connectivity index (χ2n) is 4.66. The molecule has 1 aliphatic rings. The summed E-state index contributed by atoms with van der Waals surface area (Å²) in [4.78, 5) is 0. The van der Waals surface area contributed by atoms with Crippen molar-refractivity contribution in [1.29, 1.82) is 0 Å². The Labute approximate surface area is 151 Å². The Morgan fingerprint density at radius 2 is 1.14 bits per heavy atom. The second-order valence-corrected chi connectivity index (χ2v) is 6.49. The third-order valence-corrected chi connectivity index (χ3v) is 4.60. The highest BCUT2D eigenvalue weighted by molar-refractivity contribution is 9.10. The summed E-state index contributed by atoms with van der Waals surface area (Å²) in [5.74, 6) is 0.399. The van der Waals surface area contributed by atoms with Crippen LogP contribution in [0.4, 0.5) is 0 Å². The van der Waals surface area contributed by atoms with Crippen LogP contribution >= 0.6 is 31.9 Å². The van der Waals surface area contributed by atoms with Gasteiger partial charge in [-0.05, 0) is 52.1 Å². The molecule has 22 heavy (non-hydrogen) atoms. The van der Waals surface area contributed by atoms with Gasteiger partial charge in [0, 0.05) is 14.9 Å². The molecule has 0 bridgehead atoms. The number of halogens is 2. The van der Waals surface area contributed by atoms with Crippen molar-refractivity contribution in [3.63, 3.8) is 0 Å². The first-order chi connectivity index (χ1) is 10.6. The van der Waals surface area contributed by atoms with Crippen molar-refractivity contribution in [3.05, 3.63) is 74.2 Å². The van der Waals surface area contributed by atoms with Crippen molar-refractivity contribution in [2.24, 2.45) is 0 Å². The number of hydrogen-bond donors (Lipinski definition) is 0. The van der Waals surface area contributed by atoms with Gasteiger partial charge in [0.15, 0.2) is 0 Å². The molecule has 0 radical (unpaired) electrons. The average molecular weight is 424 g/mol. The summed E-state index contributed by atoms with van der Waals surface area (Å²) >= 11 is 7.11. The molecule has 2 heteroatoms. The van der Waals surface area contributed by atoms with Gasteiger partial charge >= 0.3 is 0 Å². The third kappa shape index (κ3) is 3.72. The SMILES string of the molecule is C=C1c2ccc(Br)cc2C(C)c2cc(Br)ccc21.CC.CC. The van der Waals surface area contributed by atoms with Gasteiger partial charge in [0.2, 0.25) is 0 Å². The molecule has 3 rings (SSSR count). The largest absolute Gasteiger partial charge is 0.0905 e. The Hall–Kier alpha value is -0.860. The van der Waals surface area contributed by atoms with Crippen molar-refractivity contribution in [2.75, 3.05) is 0 Å². The minimum Gasteiger partial charge on any atom is -0.0905 e. The number of hydrogen-bond acceptors (Lipinski definition) is 0. The second kappa shape index (κ2) is 8.69. The maximum atomic E-state index is 4.26. The monoisotopic (exact) mass is 422 g/mol. The Morgan fingerprint density at radius 1 is 0.773 bits per heavy atom. The minimum absolute atomic E-state index is 0.399. The van der Waals surface area contributed by atoms with Crippen molar-refractivity contribution < 1.29 is 0 Å². The van der Waals surface area contributed by atoms with E-state index in [4.69, 9.17) is 0 Å². The molecule has 0 aliphatic heterocycles. The summed E-state index contributed by atoms with van der Waals surface area (Å²) < 4.78 is 2.25. The summed E-state index contributed by atoms with van der Waals surface area (Å²) in [7, 11) is 0. The molecule has 2 aromatic rings. The molecule has 0 spiro atoms. The first-order valence-electron chi connectivity index (χ1n) is 7.86. The zero-order valence-electron chi connectivity index (χ0n) is 14.0. The van der Waals surface area contributed by atoms with Gasteiger partial charge in [0.05, 0.1) is 0 Å². The first-order valence-corrected chi connectivity index (χ1v) is 9.45. The Kier molecular flexibility index (Phi) is 7.58. The molecule has 0 amide bonds. The van der Waals surface area contributed by atoms with E-state index in [1.807, 2.05) is 27.7 Å². The summed E-state index contributed by atoms with van der Waals surface area (Å²) in [6.45, 7) is 14.5. The van der Waals surface area contributed by atoms with E-state index in [1.54, 1.807) is 0 Å². The van der Waals surface area contributed by atoms with Crippen LogP contribution in [0.2, 0.25) is 0 Å². The molecule has 0 N–H and O–H groups in total. The minimum atomic E-state index is 0.399. The fourth-order valence-corrected chi connectivity index (χ4v) is 3.40. The van der Waals surface area contributed by atoms with Gasteiger partial charge in [-0.25, -0.2) is 0 Å². The van der Waals surface area contributed by atoms with E-state index in [2.05, 4.69) is 81.8 Å². The molecule has 0 atom stereocenters. The molecule has 0 nitrogen and oxygen atoms in total. The summed E-state index contributed by atoms with van der Waals surface area (Å²) in [6, 6.07) is 12.9. The number of benzene rings is 2. The average Bonchev–Trinajstić information content (AvgIpc) is 2.56. The van der Waals surface area contributed by atoms with E-state index in [0.29, 0.717) is 5.92 Å². The van der Waals surface area contributed by atoms with Gasteiger partial charge < -0.3 is 0 Å². The maximum Gasteiger partial charge on any atom is 0.0178 e. The zero-order chi connectivity index (χ0) is 16.9. The van der Waals surface area contributed by atoms with Crippen LogP contribution in [0.5, 0.6) is 0 Å². The van der Waals surface area contributed by atoms with Crippen LogP contribution in [0, 0.1) is 0 Å². The third-order valence-electron chi connectivity index (χ3n) is 3.61.